The standard InChI is InChI=1S/C26H36N2O3.C13H14BrNO2/c1-18(20-9-11-22(29-6)12-10-20)28-13-7-8-23(28)21-14-19(16-27-17-21)15-24-30-25(2,3)26(4,5)31-24;1-13(2,3)17-12(16)15-8-10(14)9-6-4-5-7-11(9)15/h9-12,14,16-18,23-24H,7-8,13,15H2,1-6H3;4-8H,1-3H3/t18-,23+;/m1./s1. The summed E-state index contributed by atoms with van der Waals surface area (Å²) in [5, 5.41) is 0.998. The van der Waals surface area contributed by atoms with E-state index in [0.29, 0.717) is 18.5 Å². The SMILES string of the molecule is CC(C)(C)OC(=O)n1cc(Br)c2ccccc21.COc1ccc([C@@H](C)N2CCC[C@H]2c2cncc(CC3OC(C)(C)C(C)(C)O3)c2)cc1. The van der Waals surface area contributed by atoms with Gasteiger partial charge >= 0.3 is 6.09 Å². The first kappa shape index (κ1) is 36.1. The second-order valence-electron chi connectivity index (χ2n) is 14.7. The molecule has 0 bridgehead atoms. The van der Waals surface area contributed by atoms with Crippen molar-refractivity contribution in [2.75, 3.05) is 13.7 Å². The van der Waals surface area contributed by atoms with Crippen molar-refractivity contribution < 1.29 is 23.7 Å². The van der Waals surface area contributed by atoms with Gasteiger partial charge in [0.2, 0.25) is 0 Å². The maximum Gasteiger partial charge on any atom is 0.419 e. The second kappa shape index (κ2) is 14.3. The average molecular weight is 721 g/mol. The lowest BCUT2D eigenvalue weighted by Crippen LogP contribution is -2.41. The van der Waals surface area contributed by atoms with E-state index in [4.69, 9.17) is 18.9 Å². The van der Waals surface area contributed by atoms with Crippen molar-refractivity contribution in [3.63, 3.8) is 0 Å². The monoisotopic (exact) mass is 719 g/mol. The fraction of sp³-hybridized carbons (Fsp3) is 0.487. The number of hydrogen-bond donors (Lipinski definition) is 0. The Kier molecular flexibility index (Phi) is 10.8. The van der Waals surface area contributed by atoms with E-state index in [1.807, 2.05) is 69.6 Å². The fourth-order valence-corrected chi connectivity index (χ4v) is 6.87. The van der Waals surface area contributed by atoms with Gasteiger partial charge in [-0.1, -0.05) is 36.4 Å². The zero-order chi connectivity index (χ0) is 34.9. The number of carbonyl (C=O) groups excluding carboxylic acids is 1. The molecule has 2 atom stereocenters. The zero-order valence-corrected chi connectivity index (χ0v) is 31.3. The van der Waals surface area contributed by atoms with Crippen molar-refractivity contribution in [1.29, 1.82) is 0 Å². The summed E-state index contributed by atoms with van der Waals surface area (Å²) < 4.78 is 25.5. The van der Waals surface area contributed by atoms with E-state index in [-0.39, 0.29) is 23.6 Å². The molecule has 6 rings (SSSR count). The highest BCUT2D eigenvalue weighted by molar-refractivity contribution is 9.10. The molecule has 2 fully saturated rings. The van der Waals surface area contributed by atoms with Crippen LogP contribution in [0.2, 0.25) is 0 Å². The molecule has 2 aromatic carbocycles. The van der Waals surface area contributed by atoms with E-state index >= 15 is 0 Å². The van der Waals surface area contributed by atoms with Gasteiger partial charge in [-0.25, -0.2) is 4.79 Å². The molecule has 0 saturated carbocycles. The predicted octanol–water partition coefficient (Wildman–Crippen LogP) is 9.65. The molecule has 2 aliphatic rings. The van der Waals surface area contributed by atoms with Crippen LogP contribution >= 0.6 is 15.9 Å². The minimum Gasteiger partial charge on any atom is -0.497 e. The van der Waals surface area contributed by atoms with Crippen molar-refractivity contribution >= 4 is 32.9 Å². The number of benzene rings is 2. The molecule has 2 saturated heterocycles. The molecule has 4 aromatic rings. The van der Waals surface area contributed by atoms with Gasteiger partial charge in [0.25, 0.3) is 0 Å². The topological polar surface area (TPSA) is 75.1 Å². The number of rotatable bonds is 6. The number of halogens is 1. The van der Waals surface area contributed by atoms with Gasteiger partial charge in [0, 0.05) is 47.0 Å². The first-order valence-corrected chi connectivity index (χ1v) is 17.6. The molecular weight excluding hydrogens is 670 g/mol. The molecular formula is C39H50BrN3O5. The first-order valence-electron chi connectivity index (χ1n) is 16.8. The first-order chi connectivity index (χ1) is 22.6. The summed E-state index contributed by atoms with van der Waals surface area (Å²) in [6.07, 6.45) is 8.18. The molecule has 9 heteroatoms. The molecule has 258 valence electrons. The highest BCUT2D eigenvalue weighted by atomic mass is 79.9. The van der Waals surface area contributed by atoms with Gasteiger partial charge in [0.15, 0.2) is 6.29 Å². The highest BCUT2D eigenvalue weighted by Crippen LogP contribution is 2.41. The molecule has 48 heavy (non-hydrogen) atoms. The summed E-state index contributed by atoms with van der Waals surface area (Å²) in [4.78, 5) is 19.2. The van der Waals surface area contributed by atoms with E-state index in [2.05, 4.69) is 78.6 Å². The van der Waals surface area contributed by atoms with Crippen LogP contribution in [0, 0.1) is 0 Å². The Hall–Kier alpha value is -3.24. The number of para-hydroxylation sites is 1. The fourth-order valence-electron chi connectivity index (χ4n) is 6.33. The van der Waals surface area contributed by atoms with Crippen LogP contribution in [0.3, 0.4) is 0 Å². The van der Waals surface area contributed by atoms with Crippen LogP contribution in [0.15, 0.2) is 77.7 Å². The Labute approximate surface area is 293 Å². The lowest BCUT2D eigenvalue weighted by molar-refractivity contribution is -0.0846. The summed E-state index contributed by atoms with van der Waals surface area (Å²) in [5.41, 5.74) is 3.50. The van der Waals surface area contributed by atoms with Gasteiger partial charge in [-0.15, -0.1) is 0 Å². The number of fused-ring (bicyclic) bond motifs is 1. The Morgan fingerprint density at radius 3 is 2.35 bits per heavy atom. The lowest BCUT2D eigenvalue weighted by Gasteiger charge is -2.31. The van der Waals surface area contributed by atoms with Crippen LogP contribution in [-0.4, -0.2) is 57.3 Å². The Balaban J connectivity index is 0.000000224. The van der Waals surface area contributed by atoms with Crippen molar-refractivity contribution in [1.82, 2.24) is 14.5 Å². The van der Waals surface area contributed by atoms with Gasteiger partial charge in [-0.3, -0.25) is 14.5 Å². The summed E-state index contributed by atoms with van der Waals surface area (Å²) in [5.74, 6) is 0.897. The highest BCUT2D eigenvalue weighted by Gasteiger charge is 2.49. The molecule has 8 nitrogen and oxygen atoms in total. The lowest BCUT2D eigenvalue weighted by atomic mass is 9.90. The molecule has 2 aromatic heterocycles. The molecule has 0 spiro atoms. The van der Waals surface area contributed by atoms with E-state index in [9.17, 15) is 4.79 Å². The summed E-state index contributed by atoms with van der Waals surface area (Å²) >= 11 is 3.44. The minimum atomic E-state index is -0.491. The van der Waals surface area contributed by atoms with E-state index in [1.165, 1.54) is 27.7 Å². The second-order valence-corrected chi connectivity index (χ2v) is 15.6. The van der Waals surface area contributed by atoms with E-state index in [0.717, 1.165) is 34.1 Å². The van der Waals surface area contributed by atoms with Crippen molar-refractivity contribution in [2.24, 2.45) is 0 Å². The number of nitrogens with zero attached hydrogens (tertiary/aromatic N) is 3. The maximum atomic E-state index is 12.0. The maximum absolute atomic E-state index is 12.0. The van der Waals surface area contributed by atoms with Crippen molar-refractivity contribution in [3.8, 4) is 5.75 Å². The largest absolute Gasteiger partial charge is 0.497 e. The van der Waals surface area contributed by atoms with Gasteiger partial charge < -0.3 is 18.9 Å². The average Bonchev–Trinajstić information content (AvgIpc) is 3.70. The van der Waals surface area contributed by atoms with Crippen LogP contribution in [-0.2, 0) is 20.6 Å². The number of pyridine rings is 1. The third kappa shape index (κ3) is 8.13. The van der Waals surface area contributed by atoms with E-state index in [1.54, 1.807) is 13.3 Å². The predicted molar refractivity (Wildman–Crippen MR) is 193 cm³/mol. The van der Waals surface area contributed by atoms with Crippen LogP contribution < -0.4 is 4.74 Å². The Morgan fingerprint density at radius 1 is 1.04 bits per heavy atom. The molecule has 4 heterocycles. The molecule has 0 radical (unpaired) electrons. The Bertz CT molecular complexity index is 1690. The minimum absolute atomic E-state index is 0.236. The van der Waals surface area contributed by atoms with Crippen molar-refractivity contribution in [3.05, 3.63) is 94.4 Å². The smallest absolute Gasteiger partial charge is 0.419 e. The molecule has 0 unspecified atom stereocenters. The number of likely N-dealkylation sites (tertiary alicyclic amines) is 1. The molecule has 0 N–H and O–H groups in total. The van der Waals surface area contributed by atoms with Gasteiger partial charge in [0.05, 0.1) is 23.8 Å². The van der Waals surface area contributed by atoms with Crippen LogP contribution in [0.1, 0.15) is 97.0 Å². The third-order valence-electron chi connectivity index (χ3n) is 9.55. The number of aromatic nitrogens is 2. The van der Waals surface area contributed by atoms with Gasteiger partial charge in [-0.2, -0.15) is 0 Å². The summed E-state index contributed by atoms with van der Waals surface area (Å²) in [7, 11) is 1.71. The Morgan fingerprint density at radius 2 is 1.71 bits per heavy atom. The van der Waals surface area contributed by atoms with Crippen LogP contribution in [0.25, 0.3) is 10.9 Å². The molecule has 0 amide bonds. The van der Waals surface area contributed by atoms with Crippen LogP contribution in [0.5, 0.6) is 5.75 Å². The molecule has 0 aliphatic carbocycles. The number of carbonyl (C=O) groups is 1. The van der Waals surface area contributed by atoms with Crippen LogP contribution in [0.4, 0.5) is 4.79 Å². The zero-order valence-electron chi connectivity index (χ0n) is 29.7. The summed E-state index contributed by atoms with van der Waals surface area (Å²) in [6.45, 7) is 17.3. The number of methoxy groups -OCH3 is 1. The van der Waals surface area contributed by atoms with E-state index < -0.39 is 5.60 Å². The van der Waals surface area contributed by atoms with Crippen molar-refractivity contribution in [2.45, 2.75) is 110 Å². The number of ether oxygens (including phenoxy) is 4. The summed E-state index contributed by atoms with van der Waals surface area (Å²) in [6, 6.07) is 19.1. The van der Waals surface area contributed by atoms with Gasteiger partial charge in [0.1, 0.15) is 11.4 Å². The normalized spacial score (nSPS) is 19.9. The third-order valence-corrected chi connectivity index (χ3v) is 10.2. The number of hydrogen-bond acceptors (Lipinski definition) is 7. The molecule has 2 aliphatic heterocycles. The quantitative estimate of drug-likeness (QED) is 0.196. The van der Waals surface area contributed by atoms with Gasteiger partial charge in [-0.05, 0) is 126 Å².